The van der Waals surface area contributed by atoms with Crippen LogP contribution in [0.1, 0.15) is 26.7 Å². The Morgan fingerprint density at radius 3 is 2.20 bits per heavy atom. The number of Topliss-reactive ketones (excluding diaryl/α,β-unsaturated/α-hetero) is 2. The van der Waals surface area contributed by atoms with Gasteiger partial charge in [-0.3, -0.25) is 20.6 Å². The van der Waals surface area contributed by atoms with Gasteiger partial charge in [0.2, 0.25) is 0 Å². The highest BCUT2D eigenvalue weighted by molar-refractivity contribution is 8.00. The maximum Gasteiger partial charge on any atom is 0.177 e. The quantitative estimate of drug-likeness (QED) is 0.577. The third-order valence-electron chi connectivity index (χ3n) is 2.24. The average Bonchev–Trinajstić information content (AvgIpc) is 2.09. The first-order valence-electron chi connectivity index (χ1n) is 4.77. The molecule has 0 spiro atoms. The Bertz CT molecular complexity index is 357. The van der Waals surface area contributed by atoms with E-state index < -0.39 is 0 Å². The highest BCUT2D eigenvalue weighted by atomic mass is 32.1. The van der Waals surface area contributed by atoms with E-state index in [0.29, 0.717) is 18.0 Å². The zero-order chi connectivity index (χ0) is 11.6. The normalized spacial score (nSPS) is 20.4. The summed E-state index contributed by atoms with van der Waals surface area (Å²) in [5, 5.41) is 3.09. The zero-order valence-corrected chi connectivity index (χ0v) is 10.0. The van der Waals surface area contributed by atoms with Crippen LogP contribution in [0.4, 0.5) is 0 Å². The largest absolute Gasteiger partial charge is 0.293 e. The molecule has 0 aromatic rings. The first-order chi connectivity index (χ1) is 6.85. The standard InChI is InChI=1S/C10H16N2O2S/c1-10(2)4-6(13)8(7(14)5-10)15-9(11)12-3/h12H,4-5,11H2,1-3H3. The molecule has 0 amide bonds. The fraction of sp³-hybridized carbons (Fsp3) is 0.600. The summed E-state index contributed by atoms with van der Waals surface area (Å²) >= 11 is 0. The van der Waals surface area contributed by atoms with Crippen molar-refractivity contribution in [2.45, 2.75) is 26.7 Å². The number of rotatable bonds is 0. The van der Waals surface area contributed by atoms with E-state index in [1.807, 2.05) is 13.8 Å². The molecule has 1 aliphatic carbocycles. The predicted molar refractivity (Wildman–Crippen MR) is 63.9 cm³/mol. The maximum absolute atomic E-state index is 11.7. The zero-order valence-electron chi connectivity index (χ0n) is 9.22. The van der Waals surface area contributed by atoms with E-state index in [0.717, 1.165) is 10.9 Å². The Hall–Kier alpha value is -0.780. The van der Waals surface area contributed by atoms with Crippen LogP contribution in [0.15, 0.2) is 0 Å². The second kappa shape index (κ2) is 4.38. The van der Waals surface area contributed by atoms with Gasteiger partial charge in [-0.25, -0.2) is 0 Å². The van der Waals surface area contributed by atoms with Crippen molar-refractivity contribution in [1.82, 2.24) is 5.32 Å². The molecule has 0 heterocycles. The lowest BCUT2D eigenvalue weighted by atomic mass is 9.76. The van der Waals surface area contributed by atoms with E-state index >= 15 is 0 Å². The number of ketones is 2. The fourth-order valence-corrected chi connectivity index (χ4v) is 2.22. The SMILES string of the molecule is CNC(N)=S=C1C(=O)CC(C)(C)CC1=O. The molecule has 4 nitrogen and oxygen atoms in total. The molecule has 3 N–H and O–H groups in total. The monoisotopic (exact) mass is 228 g/mol. The molecule has 0 unspecified atom stereocenters. The Morgan fingerprint density at radius 2 is 1.80 bits per heavy atom. The van der Waals surface area contributed by atoms with Crippen LogP contribution >= 0.6 is 10.9 Å². The Labute approximate surface area is 92.8 Å². The second-order valence-electron chi connectivity index (χ2n) is 4.41. The van der Waals surface area contributed by atoms with Crippen LogP contribution in [0.3, 0.4) is 0 Å². The van der Waals surface area contributed by atoms with Crippen LogP contribution in [0.25, 0.3) is 0 Å². The van der Waals surface area contributed by atoms with E-state index in [2.05, 4.69) is 5.32 Å². The lowest BCUT2D eigenvalue weighted by Gasteiger charge is -2.27. The third-order valence-corrected chi connectivity index (χ3v) is 3.33. The van der Waals surface area contributed by atoms with Gasteiger partial charge in [-0.15, -0.1) is 10.9 Å². The van der Waals surface area contributed by atoms with E-state index in [1.165, 1.54) is 0 Å². The molecule has 84 valence electrons. The van der Waals surface area contributed by atoms with Gasteiger partial charge in [-0.2, -0.15) is 0 Å². The van der Waals surface area contributed by atoms with E-state index in [9.17, 15) is 9.59 Å². The molecule has 0 aliphatic heterocycles. The summed E-state index contributed by atoms with van der Waals surface area (Å²) in [7, 11) is 2.70. The van der Waals surface area contributed by atoms with Crippen molar-refractivity contribution >= 4 is 32.5 Å². The molecule has 15 heavy (non-hydrogen) atoms. The smallest absolute Gasteiger partial charge is 0.177 e. The summed E-state index contributed by atoms with van der Waals surface area (Å²) in [6.45, 7) is 3.85. The Balaban J connectivity index is 3.10. The number of nitrogens with one attached hydrogen (secondary N) is 1. The Kier molecular flexibility index (Phi) is 3.59. The number of hydrogen-bond donors (Lipinski definition) is 2. The Morgan fingerprint density at radius 1 is 1.33 bits per heavy atom. The first kappa shape index (κ1) is 12.3. The minimum Gasteiger partial charge on any atom is -0.293 e. The molecule has 0 atom stereocenters. The van der Waals surface area contributed by atoms with Gasteiger partial charge in [0, 0.05) is 12.8 Å². The fourth-order valence-electron chi connectivity index (χ4n) is 1.52. The van der Waals surface area contributed by atoms with Crippen molar-refractivity contribution in [3.63, 3.8) is 0 Å². The van der Waals surface area contributed by atoms with Crippen LogP contribution in [-0.4, -0.2) is 28.6 Å². The van der Waals surface area contributed by atoms with Crippen molar-refractivity contribution in [2.75, 3.05) is 7.05 Å². The van der Waals surface area contributed by atoms with Gasteiger partial charge in [0.05, 0.1) is 0 Å². The van der Waals surface area contributed by atoms with Gasteiger partial charge < -0.3 is 0 Å². The average molecular weight is 228 g/mol. The van der Waals surface area contributed by atoms with Gasteiger partial charge in [-0.05, 0) is 12.5 Å². The highest BCUT2D eigenvalue weighted by Gasteiger charge is 2.35. The summed E-state index contributed by atoms with van der Waals surface area (Å²) in [6, 6.07) is 0. The summed E-state index contributed by atoms with van der Waals surface area (Å²) in [5.41, 5.74) is 5.32. The lowest BCUT2D eigenvalue weighted by molar-refractivity contribution is -0.122. The topological polar surface area (TPSA) is 72.2 Å². The van der Waals surface area contributed by atoms with Crippen molar-refractivity contribution < 1.29 is 9.59 Å². The van der Waals surface area contributed by atoms with E-state index in [1.54, 1.807) is 7.05 Å². The van der Waals surface area contributed by atoms with Crippen LogP contribution in [0.5, 0.6) is 0 Å². The molecule has 1 aliphatic rings. The molecule has 0 aromatic heterocycles. The van der Waals surface area contributed by atoms with Crippen molar-refractivity contribution in [2.24, 2.45) is 11.1 Å². The molecule has 1 rings (SSSR count). The highest BCUT2D eigenvalue weighted by Crippen LogP contribution is 2.30. The molecule has 0 saturated heterocycles. The van der Waals surface area contributed by atoms with Gasteiger partial charge in [0.15, 0.2) is 11.6 Å². The molecule has 0 aromatic carbocycles. The summed E-state index contributed by atoms with van der Waals surface area (Å²) < 4.78 is 0. The third kappa shape index (κ3) is 3.09. The maximum atomic E-state index is 11.7. The van der Waals surface area contributed by atoms with E-state index in [-0.39, 0.29) is 21.8 Å². The first-order valence-corrected chi connectivity index (χ1v) is 5.59. The van der Waals surface area contributed by atoms with Crippen LogP contribution in [0.2, 0.25) is 0 Å². The number of nitrogens with two attached hydrogens (primary N) is 1. The molecule has 1 fully saturated rings. The lowest BCUT2D eigenvalue weighted by Crippen LogP contribution is -2.37. The summed E-state index contributed by atoms with van der Waals surface area (Å²) in [4.78, 5) is 23.7. The van der Waals surface area contributed by atoms with Crippen molar-refractivity contribution in [3.8, 4) is 0 Å². The molecule has 0 radical (unpaired) electrons. The van der Waals surface area contributed by atoms with Gasteiger partial charge >= 0.3 is 0 Å². The molecule has 5 heteroatoms. The number of carbonyl (C=O) groups is 2. The van der Waals surface area contributed by atoms with Crippen LogP contribution in [-0.2, 0) is 9.59 Å². The van der Waals surface area contributed by atoms with Crippen LogP contribution in [0, 0.1) is 5.41 Å². The minimum absolute atomic E-state index is 0.0977. The van der Waals surface area contributed by atoms with Crippen molar-refractivity contribution in [3.05, 3.63) is 0 Å². The van der Waals surface area contributed by atoms with Crippen molar-refractivity contribution in [1.29, 1.82) is 0 Å². The molecular formula is C10H16N2O2S. The minimum atomic E-state index is -0.216. The van der Waals surface area contributed by atoms with Gasteiger partial charge in [-0.1, -0.05) is 13.8 Å². The summed E-state index contributed by atoms with van der Waals surface area (Å²) in [5.74, 6) is -0.195. The molecule has 0 bridgehead atoms. The van der Waals surface area contributed by atoms with Gasteiger partial charge in [0.1, 0.15) is 9.98 Å². The second-order valence-corrected chi connectivity index (χ2v) is 5.46. The summed E-state index contributed by atoms with van der Waals surface area (Å²) in [6.07, 6.45) is 0.829. The van der Waals surface area contributed by atoms with Gasteiger partial charge in [0.25, 0.3) is 0 Å². The molecule has 1 saturated carbocycles. The predicted octanol–water partition coefficient (Wildman–Crippen LogP) is 0.116. The molecular weight excluding hydrogens is 212 g/mol. The van der Waals surface area contributed by atoms with Crippen LogP contribution < -0.4 is 11.1 Å². The number of carbonyl (C=O) groups excluding carboxylic acids is 2. The van der Waals surface area contributed by atoms with E-state index in [4.69, 9.17) is 5.73 Å². The number of hydrogen-bond acceptors (Lipinski definition) is 2.